The number of fused-ring (bicyclic) bond motifs is 1. The normalized spacial score (nSPS) is 34.1. The number of hydrogen-bond donors (Lipinski definition) is 1. The Labute approximate surface area is 78.8 Å². The molecule has 0 aromatic rings. The van der Waals surface area contributed by atoms with Gasteiger partial charge in [0.1, 0.15) is 0 Å². The predicted molar refractivity (Wildman–Crippen MR) is 51.4 cm³/mol. The van der Waals surface area contributed by atoms with E-state index < -0.39 is 0 Å². The summed E-state index contributed by atoms with van der Waals surface area (Å²) in [6.45, 7) is 4.84. The lowest BCUT2D eigenvalue weighted by atomic mass is 9.80. The van der Waals surface area contributed by atoms with Crippen molar-refractivity contribution in [2.45, 2.75) is 25.3 Å². The van der Waals surface area contributed by atoms with Crippen molar-refractivity contribution in [3.8, 4) is 0 Å². The van der Waals surface area contributed by atoms with Crippen LogP contribution in [0.3, 0.4) is 0 Å². The maximum atomic E-state index is 11.3. The molecule has 2 aliphatic rings. The minimum absolute atomic E-state index is 0.0776. The molecule has 2 rings (SSSR count). The van der Waals surface area contributed by atoms with E-state index in [4.69, 9.17) is 0 Å². The van der Waals surface area contributed by atoms with Crippen LogP contribution in [0.15, 0.2) is 12.2 Å². The number of rotatable bonds is 0. The van der Waals surface area contributed by atoms with Gasteiger partial charge in [0, 0.05) is 25.6 Å². The lowest BCUT2D eigenvalue weighted by molar-refractivity contribution is 0.124. The van der Waals surface area contributed by atoms with E-state index in [1.54, 1.807) is 0 Å². The summed E-state index contributed by atoms with van der Waals surface area (Å²) in [6.07, 6.45) is 3.25. The molecule has 3 heteroatoms. The number of hydrogen-bond acceptors (Lipinski definition) is 1. The molecular formula is C10H16N2O. The predicted octanol–water partition coefficient (Wildman–Crippen LogP) is 1.37. The van der Waals surface area contributed by atoms with Crippen LogP contribution >= 0.6 is 0 Å². The molecule has 0 bridgehead atoms. The van der Waals surface area contributed by atoms with Gasteiger partial charge in [-0.25, -0.2) is 4.79 Å². The van der Waals surface area contributed by atoms with Gasteiger partial charge in [-0.15, -0.1) is 0 Å². The zero-order valence-electron chi connectivity index (χ0n) is 8.05. The van der Waals surface area contributed by atoms with Crippen molar-refractivity contribution in [3.05, 3.63) is 12.2 Å². The van der Waals surface area contributed by atoms with Gasteiger partial charge in [0.25, 0.3) is 0 Å². The van der Waals surface area contributed by atoms with Crippen LogP contribution in [-0.2, 0) is 0 Å². The number of nitrogens with one attached hydrogen (secondary N) is 1. The fraction of sp³-hybridized carbons (Fsp3) is 0.700. The molecule has 1 heterocycles. The maximum absolute atomic E-state index is 11.3. The molecule has 2 unspecified atom stereocenters. The molecule has 0 radical (unpaired) electrons. The molecule has 3 nitrogen and oxygen atoms in total. The van der Waals surface area contributed by atoms with E-state index >= 15 is 0 Å². The topological polar surface area (TPSA) is 32.3 Å². The Morgan fingerprint density at radius 2 is 2.38 bits per heavy atom. The van der Waals surface area contributed by atoms with Crippen molar-refractivity contribution >= 4 is 6.03 Å². The van der Waals surface area contributed by atoms with Gasteiger partial charge in [0.15, 0.2) is 0 Å². The molecule has 0 spiro atoms. The van der Waals surface area contributed by atoms with Gasteiger partial charge in [-0.3, -0.25) is 0 Å². The fourth-order valence-electron chi connectivity index (χ4n) is 2.41. The summed E-state index contributed by atoms with van der Waals surface area (Å²) in [6, 6.07) is 0.521. The van der Waals surface area contributed by atoms with Crippen LogP contribution in [0.4, 0.5) is 4.79 Å². The van der Waals surface area contributed by atoms with Gasteiger partial charge in [0.05, 0.1) is 0 Å². The van der Waals surface area contributed by atoms with Crippen LogP contribution in [-0.4, -0.2) is 30.6 Å². The van der Waals surface area contributed by atoms with Crippen LogP contribution in [0.5, 0.6) is 0 Å². The van der Waals surface area contributed by atoms with Crippen molar-refractivity contribution in [1.82, 2.24) is 10.2 Å². The third kappa shape index (κ3) is 1.43. The summed E-state index contributed by atoms with van der Waals surface area (Å²) in [5, 5.41) is 2.90. The largest absolute Gasteiger partial charge is 0.338 e. The van der Waals surface area contributed by atoms with Crippen molar-refractivity contribution in [2.75, 3.05) is 13.6 Å². The van der Waals surface area contributed by atoms with Crippen molar-refractivity contribution in [3.63, 3.8) is 0 Å². The first-order valence-corrected chi connectivity index (χ1v) is 4.86. The van der Waals surface area contributed by atoms with E-state index in [9.17, 15) is 4.79 Å². The molecule has 0 aromatic carbocycles. The van der Waals surface area contributed by atoms with Gasteiger partial charge < -0.3 is 10.2 Å². The van der Waals surface area contributed by atoms with Crippen molar-refractivity contribution < 1.29 is 4.79 Å². The molecule has 2 amide bonds. The Kier molecular flexibility index (Phi) is 2.02. The van der Waals surface area contributed by atoms with E-state index in [1.165, 1.54) is 5.57 Å². The first kappa shape index (κ1) is 8.60. The molecule has 1 aliphatic heterocycles. The number of urea groups is 1. The van der Waals surface area contributed by atoms with Gasteiger partial charge in [-0.1, -0.05) is 12.2 Å². The molecular weight excluding hydrogens is 164 g/mol. The Morgan fingerprint density at radius 1 is 1.62 bits per heavy atom. The summed E-state index contributed by atoms with van der Waals surface area (Å²) in [7, 11) is 1.89. The number of nitrogens with zero attached hydrogens (tertiary/aromatic N) is 1. The van der Waals surface area contributed by atoms with E-state index in [-0.39, 0.29) is 6.03 Å². The summed E-state index contributed by atoms with van der Waals surface area (Å²) in [4.78, 5) is 13.2. The van der Waals surface area contributed by atoms with Crippen molar-refractivity contribution in [1.29, 1.82) is 0 Å². The highest BCUT2D eigenvalue weighted by Crippen LogP contribution is 2.32. The minimum atomic E-state index is 0.0776. The maximum Gasteiger partial charge on any atom is 0.317 e. The number of carbonyl (C=O) groups excluding carboxylic acids is 1. The number of carbonyl (C=O) groups is 1. The van der Waals surface area contributed by atoms with Crippen LogP contribution in [0.25, 0.3) is 0 Å². The highest BCUT2D eigenvalue weighted by Gasteiger charge is 2.35. The monoisotopic (exact) mass is 180 g/mol. The molecule has 1 aliphatic carbocycles. The Balaban J connectivity index is 2.10. The van der Waals surface area contributed by atoms with E-state index in [0.29, 0.717) is 12.0 Å². The quantitative estimate of drug-likeness (QED) is 0.561. The second-order valence-corrected chi connectivity index (χ2v) is 4.12. The summed E-state index contributed by atoms with van der Waals surface area (Å²) in [5.74, 6) is 0.587. The minimum Gasteiger partial charge on any atom is -0.338 e. The molecule has 1 saturated heterocycles. The fourth-order valence-corrected chi connectivity index (χ4v) is 2.41. The molecule has 0 aromatic heterocycles. The first-order valence-electron chi connectivity index (χ1n) is 4.86. The average Bonchev–Trinajstić information content (AvgIpc) is 2.12. The Morgan fingerprint density at radius 3 is 3.15 bits per heavy atom. The third-order valence-corrected chi connectivity index (χ3v) is 3.22. The van der Waals surface area contributed by atoms with E-state index in [2.05, 4.69) is 11.9 Å². The van der Waals surface area contributed by atoms with Crippen LogP contribution < -0.4 is 5.32 Å². The van der Waals surface area contributed by atoms with Gasteiger partial charge in [-0.2, -0.15) is 0 Å². The van der Waals surface area contributed by atoms with Crippen LogP contribution in [0, 0.1) is 5.92 Å². The Bertz CT molecular complexity index is 249. The lowest BCUT2D eigenvalue weighted by Gasteiger charge is -2.42. The highest BCUT2D eigenvalue weighted by molar-refractivity contribution is 5.75. The van der Waals surface area contributed by atoms with E-state index in [1.807, 2.05) is 11.9 Å². The molecule has 13 heavy (non-hydrogen) atoms. The molecule has 1 saturated carbocycles. The Hall–Kier alpha value is -0.990. The van der Waals surface area contributed by atoms with Crippen molar-refractivity contribution in [2.24, 2.45) is 5.92 Å². The van der Waals surface area contributed by atoms with Crippen LogP contribution in [0.1, 0.15) is 19.3 Å². The standard InChI is InChI=1S/C10H16N2O/c1-7-3-4-9-8(5-7)6-11-10(13)12(9)2/h8-9H,1,3-6H2,2H3,(H,11,13). The lowest BCUT2D eigenvalue weighted by Crippen LogP contribution is -2.56. The van der Waals surface area contributed by atoms with Gasteiger partial charge in [0.2, 0.25) is 0 Å². The molecule has 1 N–H and O–H groups in total. The summed E-state index contributed by atoms with van der Waals surface area (Å²) >= 11 is 0. The summed E-state index contributed by atoms with van der Waals surface area (Å²) < 4.78 is 0. The van der Waals surface area contributed by atoms with E-state index in [0.717, 1.165) is 25.8 Å². The molecule has 2 atom stereocenters. The smallest absolute Gasteiger partial charge is 0.317 e. The zero-order valence-corrected chi connectivity index (χ0v) is 8.05. The van der Waals surface area contributed by atoms with Gasteiger partial charge >= 0.3 is 6.03 Å². The first-order chi connectivity index (χ1) is 6.18. The SMILES string of the molecule is C=C1CCC2C(CNC(=O)N2C)C1. The highest BCUT2D eigenvalue weighted by atomic mass is 16.2. The zero-order chi connectivity index (χ0) is 9.42. The second-order valence-electron chi connectivity index (χ2n) is 4.12. The second kappa shape index (κ2) is 3.05. The van der Waals surface area contributed by atoms with Crippen LogP contribution in [0.2, 0.25) is 0 Å². The third-order valence-electron chi connectivity index (χ3n) is 3.22. The van der Waals surface area contributed by atoms with Gasteiger partial charge in [-0.05, 0) is 19.3 Å². The number of allylic oxidation sites excluding steroid dienone is 1. The number of amides is 2. The average molecular weight is 180 g/mol. The molecule has 72 valence electrons. The molecule has 2 fully saturated rings. The summed E-state index contributed by atoms with van der Waals surface area (Å²) in [5.41, 5.74) is 1.34.